The van der Waals surface area contributed by atoms with E-state index in [-0.39, 0.29) is 17.7 Å². The largest absolute Gasteiger partial charge is 0.340 e. The van der Waals surface area contributed by atoms with Gasteiger partial charge in [0.1, 0.15) is 11.1 Å². The zero-order chi connectivity index (χ0) is 15.8. The van der Waals surface area contributed by atoms with Crippen molar-refractivity contribution in [3.05, 3.63) is 11.1 Å². The summed E-state index contributed by atoms with van der Waals surface area (Å²) in [5, 5.41) is 3.03. The average molecular weight is 313 g/mol. The molecule has 1 aliphatic heterocycles. The lowest BCUT2D eigenvalue weighted by Crippen LogP contribution is -2.75. The maximum Gasteiger partial charge on any atom is 0.249 e. The van der Waals surface area contributed by atoms with Gasteiger partial charge in [0.05, 0.1) is 0 Å². The van der Waals surface area contributed by atoms with Gasteiger partial charge in [-0.3, -0.25) is 9.59 Å². The van der Waals surface area contributed by atoms with Crippen molar-refractivity contribution in [2.75, 3.05) is 6.54 Å². The smallest absolute Gasteiger partial charge is 0.249 e. The molecule has 0 aromatic carbocycles. The Morgan fingerprint density at radius 1 is 1.38 bits per heavy atom. The van der Waals surface area contributed by atoms with Crippen LogP contribution in [-0.2, 0) is 9.59 Å². The van der Waals surface area contributed by atoms with Crippen molar-refractivity contribution in [2.24, 2.45) is 5.92 Å². The van der Waals surface area contributed by atoms with E-state index in [1.54, 1.807) is 4.90 Å². The molecule has 5 heteroatoms. The first kappa shape index (κ1) is 16.3. The number of nitrogens with one attached hydrogen (secondary N) is 1. The SMILES string of the molecule is CCC1(CC)NC(=O)C(C)(C2CC2)N(CC(C)=CCl)C1=O. The number of carbonyl (C=O) groups is 2. The zero-order valence-electron chi connectivity index (χ0n) is 13.3. The summed E-state index contributed by atoms with van der Waals surface area (Å²) in [6.45, 7) is 8.10. The summed E-state index contributed by atoms with van der Waals surface area (Å²) >= 11 is 5.78. The summed E-state index contributed by atoms with van der Waals surface area (Å²) in [6.07, 6.45) is 3.22. The van der Waals surface area contributed by atoms with Crippen molar-refractivity contribution < 1.29 is 9.59 Å². The molecule has 0 radical (unpaired) electrons. The van der Waals surface area contributed by atoms with Crippen LogP contribution in [0.2, 0.25) is 0 Å². The van der Waals surface area contributed by atoms with Crippen molar-refractivity contribution >= 4 is 23.4 Å². The number of piperazine rings is 1. The number of rotatable bonds is 5. The topological polar surface area (TPSA) is 49.4 Å². The normalized spacial score (nSPS) is 29.6. The molecule has 0 bridgehead atoms. The number of halogens is 1. The van der Waals surface area contributed by atoms with Crippen LogP contribution in [0.5, 0.6) is 0 Å². The molecule has 2 aliphatic rings. The van der Waals surface area contributed by atoms with E-state index in [0.29, 0.717) is 19.4 Å². The summed E-state index contributed by atoms with van der Waals surface area (Å²) in [7, 11) is 0. The Labute approximate surface area is 131 Å². The monoisotopic (exact) mass is 312 g/mol. The van der Waals surface area contributed by atoms with Crippen molar-refractivity contribution in [1.82, 2.24) is 10.2 Å². The predicted molar refractivity (Wildman–Crippen MR) is 83.9 cm³/mol. The van der Waals surface area contributed by atoms with Crippen LogP contribution in [0.15, 0.2) is 11.1 Å². The second kappa shape index (κ2) is 5.64. The van der Waals surface area contributed by atoms with E-state index < -0.39 is 11.1 Å². The maximum atomic E-state index is 13.1. The Bertz CT molecular complexity index is 481. The van der Waals surface area contributed by atoms with Gasteiger partial charge in [-0.15, -0.1) is 0 Å². The van der Waals surface area contributed by atoms with Crippen LogP contribution >= 0.6 is 11.6 Å². The molecule has 118 valence electrons. The molecule has 1 N–H and O–H groups in total. The fourth-order valence-corrected chi connectivity index (χ4v) is 3.36. The number of carbonyl (C=O) groups excluding carboxylic acids is 2. The summed E-state index contributed by atoms with van der Waals surface area (Å²) < 4.78 is 0. The van der Waals surface area contributed by atoms with Crippen molar-refractivity contribution in [1.29, 1.82) is 0 Å². The minimum absolute atomic E-state index is 0.0179. The van der Waals surface area contributed by atoms with E-state index in [4.69, 9.17) is 11.6 Å². The first-order chi connectivity index (χ1) is 9.85. The van der Waals surface area contributed by atoms with Gasteiger partial charge in [-0.05, 0) is 51.0 Å². The highest BCUT2D eigenvalue weighted by Crippen LogP contribution is 2.46. The first-order valence-corrected chi connectivity index (χ1v) is 8.20. The molecule has 1 saturated heterocycles. The van der Waals surface area contributed by atoms with Gasteiger partial charge in [0.25, 0.3) is 0 Å². The predicted octanol–water partition coefficient (Wildman–Crippen LogP) is 2.81. The highest BCUT2D eigenvalue weighted by atomic mass is 35.5. The lowest BCUT2D eigenvalue weighted by atomic mass is 9.80. The van der Waals surface area contributed by atoms with Gasteiger partial charge in [-0.25, -0.2) is 0 Å². The van der Waals surface area contributed by atoms with E-state index in [0.717, 1.165) is 18.4 Å². The maximum absolute atomic E-state index is 13.1. The van der Waals surface area contributed by atoms with E-state index >= 15 is 0 Å². The standard InChI is InChI=1S/C16H25ClN2O2/c1-5-16(6-2)14(21)19(10-11(3)9-17)15(4,12-7-8-12)13(20)18-16/h9,12H,5-8,10H2,1-4H3,(H,18,20). The minimum Gasteiger partial charge on any atom is -0.340 e. The molecule has 1 unspecified atom stereocenters. The molecule has 0 aromatic rings. The Kier molecular flexibility index (Phi) is 4.39. The van der Waals surface area contributed by atoms with Crippen LogP contribution in [0.25, 0.3) is 0 Å². The molecule has 0 spiro atoms. The van der Waals surface area contributed by atoms with Crippen LogP contribution in [0.3, 0.4) is 0 Å². The fourth-order valence-electron chi connectivity index (χ4n) is 3.29. The fraction of sp³-hybridized carbons (Fsp3) is 0.750. The summed E-state index contributed by atoms with van der Waals surface area (Å²) in [6, 6.07) is 0. The third kappa shape index (κ3) is 2.48. The van der Waals surface area contributed by atoms with Gasteiger partial charge in [-0.2, -0.15) is 0 Å². The third-order valence-electron chi connectivity index (χ3n) is 5.20. The highest BCUT2D eigenvalue weighted by molar-refractivity contribution is 6.25. The molecule has 0 aromatic heterocycles. The van der Waals surface area contributed by atoms with Gasteiger partial charge in [0.2, 0.25) is 11.8 Å². The molecule has 2 rings (SSSR count). The van der Waals surface area contributed by atoms with Crippen molar-refractivity contribution in [2.45, 2.75) is 64.5 Å². The lowest BCUT2D eigenvalue weighted by Gasteiger charge is -2.51. The minimum atomic E-state index is -0.766. The van der Waals surface area contributed by atoms with Gasteiger partial charge < -0.3 is 10.2 Å². The van der Waals surface area contributed by atoms with Crippen LogP contribution in [-0.4, -0.2) is 34.3 Å². The molecule has 4 nitrogen and oxygen atoms in total. The Hall–Kier alpha value is -1.03. The molecule has 1 atom stereocenters. The van der Waals surface area contributed by atoms with Gasteiger partial charge in [0.15, 0.2) is 0 Å². The van der Waals surface area contributed by atoms with Crippen molar-refractivity contribution in [3.8, 4) is 0 Å². The Morgan fingerprint density at radius 2 is 1.95 bits per heavy atom. The Balaban J connectivity index is 2.44. The quantitative estimate of drug-likeness (QED) is 0.848. The zero-order valence-corrected chi connectivity index (χ0v) is 14.1. The number of hydrogen-bond donors (Lipinski definition) is 1. The van der Waals surface area contributed by atoms with E-state index in [9.17, 15) is 9.59 Å². The van der Waals surface area contributed by atoms with E-state index in [2.05, 4.69) is 5.32 Å². The molecular weight excluding hydrogens is 288 g/mol. The molecule has 1 saturated carbocycles. The van der Waals surface area contributed by atoms with Crippen molar-refractivity contribution in [3.63, 3.8) is 0 Å². The molecule has 1 aliphatic carbocycles. The van der Waals surface area contributed by atoms with Gasteiger partial charge in [0, 0.05) is 12.1 Å². The summed E-state index contributed by atoms with van der Waals surface area (Å²) in [5.74, 6) is 0.270. The molecule has 2 fully saturated rings. The Morgan fingerprint density at radius 3 is 2.38 bits per heavy atom. The second-order valence-corrected chi connectivity index (χ2v) is 6.73. The first-order valence-electron chi connectivity index (χ1n) is 7.76. The summed E-state index contributed by atoms with van der Waals surface area (Å²) in [5.41, 5.74) is 0.879. The lowest BCUT2D eigenvalue weighted by molar-refractivity contribution is -0.163. The van der Waals surface area contributed by atoms with Crippen LogP contribution < -0.4 is 5.32 Å². The molecule has 2 amide bonds. The number of hydrogen-bond acceptors (Lipinski definition) is 2. The third-order valence-corrected chi connectivity index (χ3v) is 5.57. The molecular formula is C16H25ClN2O2. The number of nitrogens with zero attached hydrogens (tertiary/aromatic N) is 1. The van der Waals surface area contributed by atoms with Gasteiger partial charge >= 0.3 is 0 Å². The van der Waals surface area contributed by atoms with Crippen LogP contribution in [0.1, 0.15) is 53.4 Å². The summed E-state index contributed by atoms with van der Waals surface area (Å²) in [4.78, 5) is 27.7. The van der Waals surface area contributed by atoms with E-state index in [1.165, 1.54) is 5.54 Å². The van der Waals surface area contributed by atoms with Crippen LogP contribution in [0, 0.1) is 5.92 Å². The molecule has 21 heavy (non-hydrogen) atoms. The second-order valence-electron chi connectivity index (χ2n) is 6.51. The molecule has 1 heterocycles. The average Bonchev–Trinajstić information content (AvgIpc) is 3.32. The van der Waals surface area contributed by atoms with E-state index in [1.807, 2.05) is 27.7 Å². The van der Waals surface area contributed by atoms with Gasteiger partial charge in [-0.1, -0.05) is 25.4 Å². The number of amides is 2. The highest BCUT2D eigenvalue weighted by Gasteiger charge is 2.60. The van der Waals surface area contributed by atoms with Crippen LogP contribution in [0.4, 0.5) is 0 Å².